The van der Waals surface area contributed by atoms with Crippen molar-refractivity contribution in [2.45, 2.75) is 251 Å². The predicted octanol–water partition coefficient (Wildman–Crippen LogP) is 22.7. The van der Waals surface area contributed by atoms with Gasteiger partial charge in [0.05, 0.1) is 27.7 Å². The van der Waals surface area contributed by atoms with Crippen LogP contribution in [0.2, 0.25) is 0 Å². The van der Waals surface area contributed by atoms with E-state index in [-0.39, 0.29) is 26.1 Å². The quantitative estimate of drug-likeness (QED) is 0.0211. The van der Waals surface area contributed by atoms with Gasteiger partial charge in [-0.1, -0.05) is 280 Å². The van der Waals surface area contributed by atoms with Crippen LogP contribution in [0.15, 0.2) is 182 Å². The van der Waals surface area contributed by atoms with Crippen molar-refractivity contribution in [2.75, 3.05) is 47.5 Å². The second kappa shape index (κ2) is 66.5. The van der Waals surface area contributed by atoms with Gasteiger partial charge in [0, 0.05) is 12.8 Å². The maximum absolute atomic E-state index is 12.9. The van der Waals surface area contributed by atoms with Crippen LogP contribution in [0.4, 0.5) is 0 Å². The summed E-state index contributed by atoms with van der Waals surface area (Å²) < 4.78 is 34.6. The van der Waals surface area contributed by atoms with E-state index in [1.807, 2.05) is 21.1 Å². The summed E-state index contributed by atoms with van der Waals surface area (Å²) in [4.78, 5) is 35.8. The Morgan fingerprint density at radius 2 is 0.614 bits per heavy atom. The number of quaternary nitrogens is 1. The van der Waals surface area contributed by atoms with E-state index >= 15 is 0 Å². The van der Waals surface area contributed by atoms with E-state index in [1.165, 1.54) is 64.2 Å². The molecule has 2 unspecified atom stereocenters. The minimum atomic E-state index is -4.41. The van der Waals surface area contributed by atoms with Crippen LogP contribution in [0.25, 0.3) is 0 Å². The molecule has 0 aliphatic heterocycles. The lowest BCUT2D eigenvalue weighted by atomic mass is 10.0. The maximum atomic E-state index is 12.9. The Kier molecular flexibility index (Phi) is 62.8. The largest absolute Gasteiger partial charge is 0.472 e. The molecule has 0 bridgehead atoms. The predicted molar refractivity (Wildman–Crippen MR) is 380 cm³/mol. The van der Waals surface area contributed by atoms with Crippen molar-refractivity contribution >= 4 is 19.8 Å². The molecule has 0 rings (SSSR count). The van der Waals surface area contributed by atoms with Crippen LogP contribution in [0.5, 0.6) is 0 Å². The van der Waals surface area contributed by atoms with Crippen molar-refractivity contribution < 1.29 is 42.1 Å². The lowest BCUT2D eigenvalue weighted by Crippen LogP contribution is -2.37. The van der Waals surface area contributed by atoms with Gasteiger partial charge in [0.1, 0.15) is 19.8 Å². The van der Waals surface area contributed by atoms with Crippen LogP contribution < -0.4 is 0 Å². The molecule has 0 radical (unpaired) electrons. The lowest BCUT2D eigenvalue weighted by Gasteiger charge is -2.24. The van der Waals surface area contributed by atoms with E-state index in [0.717, 1.165) is 141 Å². The Morgan fingerprint density at radius 3 is 0.909 bits per heavy atom. The van der Waals surface area contributed by atoms with Gasteiger partial charge >= 0.3 is 19.8 Å². The number of esters is 2. The second-order valence-electron chi connectivity index (χ2n) is 23.4. The van der Waals surface area contributed by atoms with Gasteiger partial charge in [0.15, 0.2) is 6.10 Å². The summed E-state index contributed by atoms with van der Waals surface area (Å²) in [6.07, 6.45) is 103. The highest BCUT2D eigenvalue weighted by Crippen LogP contribution is 2.43. The van der Waals surface area contributed by atoms with E-state index in [4.69, 9.17) is 18.5 Å². The number of carbonyl (C=O) groups excluding carboxylic acids is 2. The van der Waals surface area contributed by atoms with E-state index in [0.29, 0.717) is 23.9 Å². The van der Waals surface area contributed by atoms with E-state index in [2.05, 4.69) is 196 Å². The summed E-state index contributed by atoms with van der Waals surface area (Å²) >= 11 is 0. The van der Waals surface area contributed by atoms with Crippen molar-refractivity contribution in [1.82, 2.24) is 0 Å². The van der Waals surface area contributed by atoms with Crippen LogP contribution in [0.1, 0.15) is 245 Å². The fourth-order valence-electron chi connectivity index (χ4n) is 8.72. The Balaban J connectivity index is 4.12. The van der Waals surface area contributed by atoms with Gasteiger partial charge in [0.2, 0.25) is 0 Å². The third-order valence-electron chi connectivity index (χ3n) is 13.9. The summed E-state index contributed by atoms with van der Waals surface area (Å²) in [5.41, 5.74) is 0. The van der Waals surface area contributed by atoms with Crippen LogP contribution in [0.3, 0.4) is 0 Å². The molecule has 10 heteroatoms. The summed E-state index contributed by atoms with van der Waals surface area (Å²) in [5.74, 6) is -0.838. The molecule has 2 atom stereocenters. The van der Waals surface area contributed by atoms with Crippen LogP contribution in [-0.4, -0.2) is 74.9 Å². The zero-order valence-electron chi connectivity index (χ0n) is 56.4. The molecule has 496 valence electrons. The van der Waals surface area contributed by atoms with Gasteiger partial charge in [-0.05, 0) is 135 Å². The molecule has 0 saturated carbocycles. The molecule has 0 aromatic carbocycles. The number of phosphoric acid groups is 1. The zero-order chi connectivity index (χ0) is 64.1. The third kappa shape index (κ3) is 70.2. The fourth-order valence-corrected chi connectivity index (χ4v) is 9.46. The molecular weight excluding hydrogens is 1110 g/mol. The summed E-state index contributed by atoms with van der Waals surface area (Å²) in [6.45, 7) is 4.16. The van der Waals surface area contributed by atoms with E-state index < -0.39 is 32.5 Å². The number of carbonyl (C=O) groups is 2. The molecule has 0 aromatic rings. The first-order valence-electron chi connectivity index (χ1n) is 34.5. The Morgan fingerprint density at radius 1 is 0.352 bits per heavy atom. The minimum absolute atomic E-state index is 0.0179. The third-order valence-corrected chi connectivity index (χ3v) is 14.9. The maximum Gasteiger partial charge on any atom is 0.472 e. The van der Waals surface area contributed by atoms with Gasteiger partial charge in [-0.15, -0.1) is 0 Å². The summed E-state index contributed by atoms with van der Waals surface area (Å²) in [5, 5.41) is 0. The minimum Gasteiger partial charge on any atom is -0.462 e. The number of phosphoric ester groups is 1. The number of likely N-dealkylation sites (N-methyl/N-ethyl adjacent to an activating group) is 1. The highest BCUT2D eigenvalue weighted by atomic mass is 31.2. The van der Waals surface area contributed by atoms with Crippen molar-refractivity contribution in [1.29, 1.82) is 0 Å². The SMILES string of the molecule is CC/C=C\C/C=C\C/C=C\C/C=C\C/C=C\C/C=C\C/C=C\C/C=C\C/C=C\CCCCCCCCCCCCCCCC(=O)OC(COC(=O)CCCCCC/C=C\C/C=C\C/C=C\C/C=C\C/C=C\C/C=C\CC)COP(=O)(O)OCC[N+](C)(C)C. The first kappa shape index (κ1) is 83.1. The molecular formula is C78H127NO8P+. The number of unbranched alkanes of at least 4 members (excludes halogenated alkanes) is 17. The fraction of sp³-hybridized carbons (Fsp3) is 0.590. The normalized spacial score (nSPS) is 14.3. The van der Waals surface area contributed by atoms with E-state index in [9.17, 15) is 19.0 Å². The van der Waals surface area contributed by atoms with Crippen molar-refractivity contribution in [3.05, 3.63) is 182 Å². The first-order chi connectivity index (χ1) is 43.0. The van der Waals surface area contributed by atoms with Gasteiger partial charge in [-0.2, -0.15) is 0 Å². The van der Waals surface area contributed by atoms with Crippen molar-refractivity contribution in [3.8, 4) is 0 Å². The smallest absolute Gasteiger partial charge is 0.462 e. The number of nitrogens with zero attached hydrogens (tertiary/aromatic N) is 1. The molecule has 1 N–H and O–H groups in total. The zero-order valence-corrected chi connectivity index (χ0v) is 57.3. The molecule has 0 aromatic heterocycles. The second-order valence-corrected chi connectivity index (χ2v) is 24.9. The molecule has 0 amide bonds. The van der Waals surface area contributed by atoms with Crippen LogP contribution in [-0.2, 0) is 32.7 Å². The number of allylic oxidation sites excluding steroid dienone is 30. The van der Waals surface area contributed by atoms with E-state index in [1.54, 1.807) is 0 Å². The lowest BCUT2D eigenvalue weighted by molar-refractivity contribution is -0.870. The molecule has 0 saturated heterocycles. The highest BCUT2D eigenvalue weighted by molar-refractivity contribution is 7.47. The molecule has 0 aliphatic rings. The average Bonchev–Trinajstić information content (AvgIpc) is 3.58. The molecule has 0 fully saturated rings. The van der Waals surface area contributed by atoms with Gasteiger partial charge < -0.3 is 18.9 Å². The standard InChI is InChI=1S/C78H126NO8P/c1-6-8-10-12-14-16-18-20-22-24-26-28-30-31-32-33-34-35-36-37-38-39-40-41-42-43-44-45-46-47-49-51-53-55-57-59-61-63-65-67-69-71-78(81)87-76(75-86-88(82,83)85-73-72-79(3,4)5)74-84-77(80)70-68-66-64-62-60-58-56-54-52-50-48-29-27-25-23-21-19-17-15-13-11-9-7-2/h8-11,14-17,20-23,26-29,31-32,34-35,37-38,40-41,43-44,50,52,56,58,76H,6-7,12-13,18-19,24-25,30,33,36,39,42,45-49,51,53-55,57,59-75H2,1-5H3/p+1/b10-8-,11-9-,16-14-,17-15-,22-20-,23-21-,28-26-,29-27-,32-31-,35-34-,38-37-,41-40-,44-43-,52-50-,58-56-. The molecule has 0 heterocycles. The number of hydrogen-bond donors (Lipinski definition) is 1. The van der Waals surface area contributed by atoms with Crippen molar-refractivity contribution in [2.24, 2.45) is 0 Å². The molecule has 88 heavy (non-hydrogen) atoms. The average molecular weight is 1240 g/mol. The Hall–Kier alpha value is -4.89. The first-order valence-corrected chi connectivity index (χ1v) is 36.0. The number of ether oxygens (including phenoxy) is 2. The number of rotatable bonds is 61. The monoisotopic (exact) mass is 1240 g/mol. The van der Waals surface area contributed by atoms with Gasteiger partial charge in [0.25, 0.3) is 0 Å². The topological polar surface area (TPSA) is 108 Å². The summed E-state index contributed by atoms with van der Waals surface area (Å²) in [6, 6.07) is 0. The highest BCUT2D eigenvalue weighted by Gasteiger charge is 2.27. The van der Waals surface area contributed by atoms with Gasteiger partial charge in [-0.25, -0.2) is 4.57 Å². The molecule has 9 nitrogen and oxygen atoms in total. The van der Waals surface area contributed by atoms with Crippen molar-refractivity contribution in [3.63, 3.8) is 0 Å². The Labute approximate surface area is 540 Å². The van der Waals surface area contributed by atoms with Crippen LogP contribution in [0, 0.1) is 0 Å². The molecule has 0 aliphatic carbocycles. The van der Waals surface area contributed by atoms with Gasteiger partial charge in [-0.3, -0.25) is 18.6 Å². The van der Waals surface area contributed by atoms with Crippen LogP contribution >= 0.6 is 7.82 Å². The number of hydrogen-bond acceptors (Lipinski definition) is 7. The Bertz CT molecular complexity index is 2140. The molecule has 0 spiro atoms. The summed E-state index contributed by atoms with van der Waals surface area (Å²) in [7, 11) is 1.44.